The van der Waals surface area contributed by atoms with E-state index in [1.54, 1.807) is 13.8 Å². The first kappa shape index (κ1) is 11.3. The molecule has 2 unspecified atom stereocenters. The van der Waals surface area contributed by atoms with E-state index >= 15 is 0 Å². The van der Waals surface area contributed by atoms with Gasteiger partial charge in [0.05, 0.1) is 6.10 Å². The van der Waals surface area contributed by atoms with Crippen molar-refractivity contribution in [2.75, 3.05) is 0 Å². The summed E-state index contributed by atoms with van der Waals surface area (Å²) in [5.41, 5.74) is 0. The van der Waals surface area contributed by atoms with Gasteiger partial charge in [-0.05, 0) is 44.6 Å². The van der Waals surface area contributed by atoms with Crippen LogP contribution < -0.4 is 0 Å². The molecule has 0 amide bonds. The second-order valence-corrected chi connectivity index (χ2v) is 5.23. The molecule has 0 spiro atoms. The Morgan fingerprint density at radius 2 is 2.00 bits per heavy atom. The highest BCUT2D eigenvalue weighted by atomic mass is 32.2. The summed E-state index contributed by atoms with van der Waals surface area (Å²) in [5, 5.41) is 19.0. The van der Waals surface area contributed by atoms with Gasteiger partial charge in [-0.2, -0.15) is 0 Å². The van der Waals surface area contributed by atoms with Crippen molar-refractivity contribution in [1.29, 1.82) is 0 Å². The van der Waals surface area contributed by atoms with E-state index in [1.165, 1.54) is 12.0 Å². The van der Waals surface area contributed by atoms with Crippen molar-refractivity contribution in [3.05, 3.63) is 0 Å². The Labute approximate surface area is 83.7 Å². The largest absolute Gasteiger partial charge is 0.393 e. The molecule has 1 fully saturated rings. The molecule has 0 aliphatic heterocycles. The third-order valence-corrected chi connectivity index (χ3v) is 3.57. The van der Waals surface area contributed by atoms with Crippen LogP contribution in [-0.2, 0) is 4.18 Å². The minimum absolute atomic E-state index is 0.196. The molecule has 0 aromatic carbocycles. The maximum Gasteiger partial charge on any atom is 0.172 e. The lowest BCUT2D eigenvalue weighted by atomic mass is 10.1. The zero-order valence-corrected chi connectivity index (χ0v) is 9.17. The van der Waals surface area contributed by atoms with Gasteiger partial charge in [-0.1, -0.05) is 6.92 Å². The maximum absolute atomic E-state index is 9.37. The average molecular weight is 206 g/mol. The molecule has 0 radical (unpaired) electrons. The fourth-order valence-electron chi connectivity index (χ4n) is 1.49. The molecule has 0 bridgehead atoms. The zero-order chi connectivity index (χ0) is 10.1. The van der Waals surface area contributed by atoms with Crippen molar-refractivity contribution in [3.63, 3.8) is 0 Å². The van der Waals surface area contributed by atoms with Crippen LogP contribution in [0.5, 0.6) is 0 Å². The third-order valence-electron chi connectivity index (χ3n) is 2.16. The maximum atomic E-state index is 9.37. The molecule has 0 aromatic rings. The predicted molar refractivity (Wildman–Crippen MR) is 53.2 cm³/mol. The average Bonchev–Trinajstić information content (AvgIpc) is 2.24. The van der Waals surface area contributed by atoms with Crippen LogP contribution in [-0.4, -0.2) is 27.4 Å². The van der Waals surface area contributed by atoms with Gasteiger partial charge >= 0.3 is 0 Å². The van der Waals surface area contributed by atoms with Crippen LogP contribution in [0.15, 0.2) is 0 Å². The van der Waals surface area contributed by atoms with Crippen LogP contribution in [0, 0.1) is 5.92 Å². The molecule has 0 heterocycles. The highest BCUT2D eigenvalue weighted by molar-refractivity contribution is 7.95. The molecule has 1 aliphatic rings. The minimum Gasteiger partial charge on any atom is -0.393 e. The summed E-state index contributed by atoms with van der Waals surface area (Å²) in [5.74, 6) is -0.625. The van der Waals surface area contributed by atoms with Gasteiger partial charge in [0.2, 0.25) is 0 Å². The SMILES string of the molecule is CC1CC(O)C[C@H]1SOC(C)(C)O. The highest BCUT2D eigenvalue weighted by Crippen LogP contribution is 2.36. The van der Waals surface area contributed by atoms with Gasteiger partial charge in [-0.15, -0.1) is 0 Å². The van der Waals surface area contributed by atoms with E-state index in [-0.39, 0.29) is 6.10 Å². The normalized spacial score (nSPS) is 35.3. The Morgan fingerprint density at radius 1 is 1.38 bits per heavy atom. The monoisotopic (exact) mass is 206 g/mol. The molecule has 3 atom stereocenters. The molecular formula is C9H18O3S. The molecule has 13 heavy (non-hydrogen) atoms. The van der Waals surface area contributed by atoms with Crippen molar-refractivity contribution in [1.82, 2.24) is 0 Å². The second-order valence-electron chi connectivity index (χ2n) is 4.27. The van der Waals surface area contributed by atoms with E-state index in [1.807, 2.05) is 0 Å². The lowest BCUT2D eigenvalue weighted by Gasteiger charge is -2.21. The Hall–Kier alpha value is 0.230. The van der Waals surface area contributed by atoms with E-state index in [0.29, 0.717) is 11.2 Å². The highest BCUT2D eigenvalue weighted by Gasteiger charge is 2.32. The molecule has 0 saturated heterocycles. The fraction of sp³-hybridized carbons (Fsp3) is 1.00. The van der Waals surface area contributed by atoms with Crippen molar-refractivity contribution in [2.24, 2.45) is 5.92 Å². The topological polar surface area (TPSA) is 49.7 Å². The smallest absolute Gasteiger partial charge is 0.172 e. The summed E-state index contributed by atoms with van der Waals surface area (Å²) in [4.78, 5) is 0. The predicted octanol–water partition coefficient (Wildman–Crippen LogP) is 1.54. The number of aliphatic hydroxyl groups is 2. The van der Waals surface area contributed by atoms with Crippen LogP contribution in [0.2, 0.25) is 0 Å². The fourth-order valence-corrected chi connectivity index (χ4v) is 2.45. The van der Waals surface area contributed by atoms with Crippen molar-refractivity contribution >= 4 is 12.0 Å². The Bertz CT molecular complexity index is 167. The van der Waals surface area contributed by atoms with Gasteiger partial charge in [0, 0.05) is 5.25 Å². The van der Waals surface area contributed by atoms with E-state index < -0.39 is 5.79 Å². The molecule has 1 saturated carbocycles. The standard InChI is InChI=1S/C9H18O3S/c1-6-4-7(10)5-8(6)13-12-9(2,3)11/h6-8,10-11H,4-5H2,1-3H3/t6?,7?,8-/m1/s1. The van der Waals surface area contributed by atoms with Crippen LogP contribution >= 0.6 is 12.0 Å². The summed E-state index contributed by atoms with van der Waals surface area (Å²) in [6.07, 6.45) is 1.41. The van der Waals surface area contributed by atoms with Crippen LogP contribution in [0.25, 0.3) is 0 Å². The Morgan fingerprint density at radius 3 is 2.38 bits per heavy atom. The molecule has 4 heteroatoms. The number of hydrogen-bond acceptors (Lipinski definition) is 4. The van der Waals surface area contributed by atoms with Gasteiger partial charge in [0.25, 0.3) is 0 Å². The first-order valence-corrected chi connectivity index (χ1v) is 5.44. The summed E-state index contributed by atoms with van der Waals surface area (Å²) >= 11 is 1.29. The Kier molecular flexibility index (Phi) is 3.63. The van der Waals surface area contributed by atoms with Gasteiger partial charge < -0.3 is 10.2 Å². The summed E-state index contributed by atoms with van der Waals surface area (Å²) in [7, 11) is 0. The molecular weight excluding hydrogens is 188 g/mol. The van der Waals surface area contributed by atoms with Gasteiger partial charge in [0.15, 0.2) is 5.79 Å². The number of hydrogen-bond donors (Lipinski definition) is 2. The summed E-state index contributed by atoms with van der Waals surface area (Å²) in [6, 6.07) is 0. The third kappa shape index (κ3) is 3.85. The summed E-state index contributed by atoms with van der Waals surface area (Å²) in [6.45, 7) is 5.31. The van der Waals surface area contributed by atoms with Crippen molar-refractivity contribution in [3.8, 4) is 0 Å². The summed E-state index contributed by atoms with van der Waals surface area (Å²) < 4.78 is 5.19. The first-order chi connectivity index (χ1) is 5.88. The lowest BCUT2D eigenvalue weighted by molar-refractivity contribution is -0.0916. The Balaban J connectivity index is 2.30. The van der Waals surface area contributed by atoms with E-state index in [9.17, 15) is 10.2 Å². The van der Waals surface area contributed by atoms with E-state index in [4.69, 9.17) is 4.18 Å². The van der Waals surface area contributed by atoms with Crippen LogP contribution in [0.4, 0.5) is 0 Å². The minimum atomic E-state index is -1.09. The molecule has 2 N–H and O–H groups in total. The second kappa shape index (κ2) is 4.17. The number of aliphatic hydroxyl groups excluding tert-OH is 1. The number of rotatable bonds is 3. The van der Waals surface area contributed by atoms with E-state index in [2.05, 4.69) is 6.92 Å². The van der Waals surface area contributed by atoms with Crippen molar-refractivity contribution in [2.45, 2.75) is 50.8 Å². The zero-order valence-electron chi connectivity index (χ0n) is 8.36. The van der Waals surface area contributed by atoms with E-state index in [0.717, 1.165) is 12.8 Å². The molecule has 1 rings (SSSR count). The lowest BCUT2D eigenvalue weighted by Crippen LogP contribution is -2.22. The van der Waals surface area contributed by atoms with Gasteiger partial charge in [-0.3, -0.25) is 4.18 Å². The van der Waals surface area contributed by atoms with Gasteiger partial charge in [-0.25, -0.2) is 0 Å². The molecule has 1 aliphatic carbocycles. The van der Waals surface area contributed by atoms with Gasteiger partial charge in [0.1, 0.15) is 0 Å². The molecule has 0 aromatic heterocycles. The first-order valence-electron chi connectivity index (χ1n) is 4.63. The van der Waals surface area contributed by atoms with Crippen LogP contribution in [0.3, 0.4) is 0 Å². The molecule has 78 valence electrons. The van der Waals surface area contributed by atoms with Crippen LogP contribution in [0.1, 0.15) is 33.6 Å². The van der Waals surface area contributed by atoms with Crippen molar-refractivity contribution < 1.29 is 14.4 Å². The quantitative estimate of drug-likeness (QED) is 0.543. The molecule has 3 nitrogen and oxygen atoms in total.